The zero-order chi connectivity index (χ0) is 14.9. The standard InChI is InChI=1S/3C5H5.C4H9O.Sn/c3*1-2-4-5-3-1;1-4(2,3)5;/h3*1-5H;1-3H3;/q;;;-1;+1. The van der Waals surface area contributed by atoms with E-state index in [0.717, 1.165) is 0 Å². The molecule has 0 aromatic carbocycles. The van der Waals surface area contributed by atoms with Gasteiger partial charge >= 0.3 is 133 Å². The van der Waals surface area contributed by atoms with Crippen molar-refractivity contribution in [2.24, 2.45) is 0 Å². The van der Waals surface area contributed by atoms with Crippen molar-refractivity contribution in [1.29, 1.82) is 0 Å². The van der Waals surface area contributed by atoms with Gasteiger partial charge in [-0.2, -0.15) is 0 Å². The Morgan fingerprint density at radius 1 is 0.619 bits per heavy atom. The molecule has 0 N–H and O–H groups in total. The molecule has 21 heavy (non-hydrogen) atoms. The van der Waals surface area contributed by atoms with Gasteiger partial charge in [-0.15, -0.1) is 0 Å². The number of allylic oxidation sites excluding steroid dienone is 12. The van der Waals surface area contributed by atoms with Crippen LogP contribution in [0.2, 0.25) is 11.8 Å². The summed E-state index contributed by atoms with van der Waals surface area (Å²) in [5, 5.41) is 0. The third kappa shape index (κ3) is 2.91. The number of hydrogen-bond donors (Lipinski definition) is 0. The predicted molar refractivity (Wildman–Crippen MR) is 92.7 cm³/mol. The first-order valence-corrected chi connectivity index (χ1v) is 13.9. The summed E-state index contributed by atoms with van der Waals surface area (Å²) in [6, 6.07) is 0. The van der Waals surface area contributed by atoms with Crippen molar-refractivity contribution in [3.63, 3.8) is 0 Å². The normalized spacial score (nSPS) is 22.4. The van der Waals surface area contributed by atoms with Crippen LogP contribution in [0.15, 0.2) is 72.9 Å². The molecule has 0 aromatic heterocycles. The predicted octanol–water partition coefficient (Wildman–Crippen LogP) is 5.24. The van der Waals surface area contributed by atoms with Crippen LogP contribution >= 0.6 is 0 Å². The molecule has 0 saturated carbocycles. The van der Waals surface area contributed by atoms with Crippen LogP contribution in [0.4, 0.5) is 0 Å². The minimum atomic E-state index is -3.10. The summed E-state index contributed by atoms with van der Waals surface area (Å²) >= 11 is -3.10. The Kier molecular flexibility index (Phi) is 4.15. The fraction of sp³-hybridized carbons (Fsp3) is 0.368. The van der Waals surface area contributed by atoms with Gasteiger partial charge in [0.25, 0.3) is 0 Å². The van der Waals surface area contributed by atoms with E-state index in [2.05, 4.69) is 93.7 Å². The maximum absolute atomic E-state index is 6.98. The van der Waals surface area contributed by atoms with E-state index in [0.29, 0.717) is 11.8 Å². The van der Waals surface area contributed by atoms with Gasteiger partial charge in [0.05, 0.1) is 0 Å². The van der Waals surface area contributed by atoms with E-state index in [9.17, 15) is 0 Å². The Morgan fingerprint density at radius 3 is 1.14 bits per heavy atom. The van der Waals surface area contributed by atoms with Crippen LogP contribution in [0.5, 0.6) is 0 Å². The van der Waals surface area contributed by atoms with E-state index < -0.39 is 18.8 Å². The second-order valence-electron chi connectivity index (χ2n) is 6.95. The third-order valence-corrected chi connectivity index (χ3v) is 19.3. The van der Waals surface area contributed by atoms with E-state index in [-0.39, 0.29) is 5.60 Å². The maximum atomic E-state index is 6.98. The SMILES string of the molecule is CC(C)(C)[O][Sn]([CH]1C=CC=C1)([CH]1C=CC=C1)[CH]1C=CC=C1. The van der Waals surface area contributed by atoms with Crippen molar-refractivity contribution in [1.82, 2.24) is 0 Å². The molecule has 0 aromatic rings. The van der Waals surface area contributed by atoms with E-state index in [1.165, 1.54) is 0 Å². The first-order chi connectivity index (χ1) is 10.0. The van der Waals surface area contributed by atoms with Crippen LogP contribution < -0.4 is 0 Å². The first kappa shape index (κ1) is 15.1. The van der Waals surface area contributed by atoms with Crippen molar-refractivity contribution >= 4 is 18.8 Å². The summed E-state index contributed by atoms with van der Waals surface area (Å²) in [5.41, 5.74) is -0.102. The molecule has 0 atom stereocenters. The molecule has 0 bridgehead atoms. The summed E-state index contributed by atoms with van der Waals surface area (Å²) in [5.74, 6) is 0. The molecular formula is C19H24OSn. The van der Waals surface area contributed by atoms with Crippen molar-refractivity contribution < 1.29 is 3.07 Å². The zero-order valence-electron chi connectivity index (χ0n) is 13.1. The summed E-state index contributed by atoms with van der Waals surface area (Å²) in [7, 11) is 0. The molecular weight excluding hydrogens is 363 g/mol. The molecule has 110 valence electrons. The fourth-order valence-corrected chi connectivity index (χ4v) is 18.7. The fourth-order valence-electron chi connectivity index (χ4n) is 3.60. The molecule has 2 heteroatoms. The molecule has 3 aliphatic rings. The molecule has 0 radical (unpaired) electrons. The Bertz CT molecular complexity index is 464. The molecule has 0 spiro atoms. The van der Waals surface area contributed by atoms with Gasteiger partial charge in [-0.1, -0.05) is 0 Å². The Hall–Kier alpha value is -0.801. The summed E-state index contributed by atoms with van der Waals surface area (Å²) in [6.45, 7) is 6.60. The monoisotopic (exact) mass is 388 g/mol. The van der Waals surface area contributed by atoms with Crippen molar-refractivity contribution in [3.05, 3.63) is 72.9 Å². The summed E-state index contributed by atoms with van der Waals surface area (Å²) in [6.07, 6.45) is 27.3. The third-order valence-electron chi connectivity index (χ3n) is 4.29. The Morgan fingerprint density at radius 2 is 0.905 bits per heavy atom. The zero-order valence-corrected chi connectivity index (χ0v) is 15.9. The van der Waals surface area contributed by atoms with Crippen molar-refractivity contribution in [3.8, 4) is 0 Å². The van der Waals surface area contributed by atoms with Crippen LogP contribution in [-0.4, -0.2) is 24.4 Å². The van der Waals surface area contributed by atoms with E-state index >= 15 is 0 Å². The van der Waals surface area contributed by atoms with Gasteiger partial charge in [0.1, 0.15) is 0 Å². The molecule has 0 heterocycles. The molecule has 3 aliphatic carbocycles. The minimum absolute atomic E-state index is 0.102. The van der Waals surface area contributed by atoms with Crippen LogP contribution in [0, 0.1) is 0 Å². The molecule has 0 unspecified atom stereocenters. The molecule has 1 nitrogen and oxygen atoms in total. The van der Waals surface area contributed by atoms with Crippen molar-refractivity contribution in [2.75, 3.05) is 0 Å². The molecule has 0 amide bonds. The van der Waals surface area contributed by atoms with Gasteiger partial charge in [0.15, 0.2) is 0 Å². The number of rotatable bonds is 4. The van der Waals surface area contributed by atoms with Gasteiger partial charge in [0, 0.05) is 0 Å². The Labute approximate surface area is 132 Å². The topological polar surface area (TPSA) is 9.23 Å². The van der Waals surface area contributed by atoms with Gasteiger partial charge < -0.3 is 0 Å². The van der Waals surface area contributed by atoms with Crippen LogP contribution in [0.3, 0.4) is 0 Å². The van der Waals surface area contributed by atoms with Crippen LogP contribution in [0.1, 0.15) is 20.8 Å². The Balaban J connectivity index is 2.09. The van der Waals surface area contributed by atoms with Gasteiger partial charge in [-0.05, 0) is 0 Å². The van der Waals surface area contributed by atoms with E-state index in [4.69, 9.17) is 3.07 Å². The van der Waals surface area contributed by atoms with Crippen LogP contribution in [-0.2, 0) is 3.07 Å². The number of hydrogen-bond acceptors (Lipinski definition) is 1. The van der Waals surface area contributed by atoms with Gasteiger partial charge in [0.2, 0.25) is 0 Å². The van der Waals surface area contributed by atoms with Gasteiger partial charge in [-0.25, -0.2) is 0 Å². The van der Waals surface area contributed by atoms with E-state index in [1.54, 1.807) is 0 Å². The summed E-state index contributed by atoms with van der Waals surface area (Å²) in [4.78, 5) is 0. The quantitative estimate of drug-likeness (QED) is 0.600. The molecule has 3 rings (SSSR count). The first-order valence-electron chi connectivity index (χ1n) is 7.77. The average Bonchev–Trinajstić information content (AvgIpc) is 3.15. The molecule has 0 saturated heterocycles. The van der Waals surface area contributed by atoms with E-state index in [1.807, 2.05) is 0 Å². The van der Waals surface area contributed by atoms with Crippen molar-refractivity contribution in [2.45, 2.75) is 38.2 Å². The molecule has 0 aliphatic heterocycles. The summed E-state index contributed by atoms with van der Waals surface area (Å²) < 4.78 is 8.46. The van der Waals surface area contributed by atoms with Gasteiger partial charge in [-0.3, -0.25) is 0 Å². The second kappa shape index (κ2) is 5.77. The molecule has 0 fully saturated rings. The van der Waals surface area contributed by atoms with Crippen LogP contribution in [0.25, 0.3) is 0 Å². The average molecular weight is 387 g/mol. The second-order valence-corrected chi connectivity index (χ2v) is 18.1.